The van der Waals surface area contributed by atoms with E-state index in [1.54, 1.807) is 7.05 Å². The Morgan fingerprint density at radius 1 is 1.50 bits per heavy atom. The third-order valence-corrected chi connectivity index (χ3v) is 3.16. The molecule has 3 nitrogen and oxygen atoms in total. The molecule has 0 amide bonds. The van der Waals surface area contributed by atoms with Crippen LogP contribution in [0.1, 0.15) is 5.56 Å². The first-order chi connectivity index (χ1) is 7.67. The Kier molecular flexibility index (Phi) is 5.63. The van der Waals surface area contributed by atoms with Gasteiger partial charge in [0.15, 0.2) is 5.96 Å². The summed E-state index contributed by atoms with van der Waals surface area (Å²) < 4.78 is 1.08. The molecule has 0 saturated heterocycles. The van der Waals surface area contributed by atoms with Crippen LogP contribution in [0.25, 0.3) is 0 Å². The molecular formula is C11H15BrClN3. The van der Waals surface area contributed by atoms with Crippen molar-refractivity contribution in [3.05, 3.63) is 33.3 Å². The summed E-state index contributed by atoms with van der Waals surface area (Å²) in [5.74, 6) is 0.790. The fourth-order valence-electron chi connectivity index (χ4n) is 1.33. The number of benzene rings is 1. The maximum Gasteiger partial charge on any atom is 0.190 e. The summed E-state index contributed by atoms with van der Waals surface area (Å²) in [5, 5.41) is 6.91. The Labute approximate surface area is 109 Å². The minimum Gasteiger partial charge on any atom is -0.359 e. The number of hydrogen-bond acceptors (Lipinski definition) is 1. The highest BCUT2D eigenvalue weighted by atomic mass is 79.9. The van der Waals surface area contributed by atoms with E-state index in [-0.39, 0.29) is 0 Å². The Morgan fingerprint density at radius 2 is 2.25 bits per heavy atom. The van der Waals surface area contributed by atoms with Gasteiger partial charge in [0.2, 0.25) is 0 Å². The molecule has 1 rings (SSSR count). The zero-order valence-electron chi connectivity index (χ0n) is 9.35. The van der Waals surface area contributed by atoms with E-state index in [4.69, 9.17) is 11.6 Å². The van der Waals surface area contributed by atoms with Crippen LogP contribution in [0.2, 0.25) is 5.02 Å². The summed E-state index contributed by atoms with van der Waals surface area (Å²) in [6.45, 7) is 0.812. The van der Waals surface area contributed by atoms with Gasteiger partial charge in [0.05, 0.1) is 0 Å². The van der Waals surface area contributed by atoms with Crippen molar-refractivity contribution >= 4 is 33.5 Å². The maximum absolute atomic E-state index is 5.94. The van der Waals surface area contributed by atoms with Gasteiger partial charge in [0, 0.05) is 30.1 Å². The van der Waals surface area contributed by atoms with Gasteiger partial charge in [-0.1, -0.05) is 27.5 Å². The lowest BCUT2D eigenvalue weighted by Crippen LogP contribution is -2.35. The molecule has 1 aromatic rings. The first kappa shape index (κ1) is 13.3. The lowest BCUT2D eigenvalue weighted by atomic mass is 10.1. The van der Waals surface area contributed by atoms with Crippen LogP contribution < -0.4 is 10.6 Å². The molecule has 0 saturated carbocycles. The molecule has 0 heterocycles. The van der Waals surface area contributed by atoms with Crippen LogP contribution >= 0.6 is 27.5 Å². The third kappa shape index (κ3) is 4.02. The minimum atomic E-state index is 0.760. The first-order valence-electron chi connectivity index (χ1n) is 4.99. The highest BCUT2D eigenvalue weighted by molar-refractivity contribution is 9.10. The predicted octanol–water partition coefficient (Wildman–Crippen LogP) is 2.44. The van der Waals surface area contributed by atoms with Crippen LogP contribution in [0.4, 0.5) is 0 Å². The van der Waals surface area contributed by atoms with Crippen LogP contribution in [0.3, 0.4) is 0 Å². The number of nitrogens with one attached hydrogen (secondary N) is 2. The normalized spacial score (nSPS) is 11.4. The van der Waals surface area contributed by atoms with Crippen molar-refractivity contribution in [1.29, 1.82) is 0 Å². The topological polar surface area (TPSA) is 36.4 Å². The molecular weight excluding hydrogens is 289 g/mol. The number of aliphatic imine (C=N–C) groups is 1. The van der Waals surface area contributed by atoms with E-state index in [0.29, 0.717) is 0 Å². The summed E-state index contributed by atoms with van der Waals surface area (Å²) in [5.41, 5.74) is 1.19. The molecule has 5 heteroatoms. The quantitative estimate of drug-likeness (QED) is 0.665. The van der Waals surface area contributed by atoms with Crippen molar-refractivity contribution in [2.45, 2.75) is 6.42 Å². The van der Waals surface area contributed by atoms with E-state index >= 15 is 0 Å². The lowest BCUT2D eigenvalue weighted by Gasteiger charge is -2.09. The highest BCUT2D eigenvalue weighted by Gasteiger charge is 2.01. The first-order valence-corrected chi connectivity index (χ1v) is 6.16. The van der Waals surface area contributed by atoms with Crippen LogP contribution in [-0.4, -0.2) is 26.6 Å². The Morgan fingerprint density at radius 3 is 2.88 bits per heavy atom. The number of guanidine groups is 1. The molecule has 2 N–H and O–H groups in total. The van der Waals surface area contributed by atoms with E-state index in [1.807, 2.05) is 25.2 Å². The summed E-state index contributed by atoms with van der Waals surface area (Å²) >= 11 is 9.44. The van der Waals surface area contributed by atoms with Gasteiger partial charge in [-0.15, -0.1) is 0 Å². The molecule has 1 aromatic carbocycles. The van der Waals surface area contributed by atoms with Crippen molar-refractivity contribution in [3.63, 3.8) is 0 Å². The van der Waals surface area contributed by atoms with Crippen LogP contribution in [-0.2, 0) is 6.42 Å². The van der Waals surface area contributed by atoms with Crippen LogP contribution in [0, 0.1) is 0 Å². The van der Waals surface area contributed by atoms with Crippen LogP contribution in [0.5, 0.6) is 0 Å². The second-order valence-corrected chi connectivity index (χ2v) is 4.53. The van der Waals surface area contributed by atoms with E-state index < -0.39 is 0 Å². The highest BCUT2D eigenvalue weighted by Crippen LogP contribution is 2.21. The summed E-state index contributed by atoms with van der Waals surface area (Å²) in [4.78, 5) is 4.03. The molecule has 0 aliphatic heterocycles. The number of nitrogens with zero attached hydrogens (tertiary/aromatic N) is 1. The van der Waals surface area contributed by atoms with E-state index in [2.05, 4.69) is 31.6 Å². The Bertz CT molecular complexity index is 379. The van der Waals surface area contributed by atoms with E-state index in [1.165, 1.54) is 5.56 Å². The molecule has 0 spiro atoms. The maximum atomic E-state index is 5.94. The zero-order chi connectivity index (χ0) is 12.0. The van der Waals surface area contributed by atoms with Crippen molar-refractivity contribution in [1.82, 2.24) is 10.6 Å². The predicted molar refractivity (Wildman–Crippen MR) is 73.3 cm³/mol. The second kappa shape index (κ2) is 6.76. The number of hydrogen-bond donors (Lipinski definition) is 2. The molecule has 0 radical (unpaired) electrons. The van der Waals surface area contributed by atoms with Crippen molar-refractivity contribution in [2.24, 2.45) is 4.99 Å². The number of halogens is 2. The third-order valence-electron chi connectivity index (χ3n) is 2.15. The standard InChI is InChI=1S/C11H15BrClN3/c1-14-11(15-2)16-6-5-8-7-9(13)3-4-10(8)12/h3-4,7H,5-6H2,1-2H3,(H2,14,15,16). The summed E-state index contributed by atoms with van der Waals surface area (Å²) in [6, 6.07) is 5.80. The lowest BCUT2D eigenvalue weighted by molar-refractivity contribution is 0.832. The molecule has 0 aliphatic carbocycles. The fourth-order valence-corrected chi connectivity index (χ4v) is 1.97. The molecule has 0 fully saturated rings. The molecule has 0 atom stereocenters. The molecule has 0 unspecified atom stereocenters. The largest absolute Gasteiger partial charge is 0.359 e. The van der Waals surface area contributed by atoms with Gasteiger partial charge < -0.3 is 10.6 Å². The molecule has 0 aliphatic rings. The average Bonchev–Trinajstić information content (AvgIpc) is 2.29. The fraction of sp³-hybridized carbons (Fsp3) is 0.364. The van der Waals surface area contributed by atoms with Gasteiger partial charge in [-0.2, -0.15) is 0 Å². The van der Waals surface area contributed by atoms with Crippen molar-refractivity contribution in [3.8, 4) is 0 Å². The Balaban J connectivity index is 2.51. The average molecular weight is 305 g/mol. The Hall–Kier alpha value is -0.740. The van der Waals surface area contributed by atoms with Crippen LogP contribution in [0.15, 0.2) is 27.7 Å². The smallest absolute Gasteiger partial charge is 0.190 e. The zero-order valence-corrected chi connectivity index (χ0v) is 11.7. The molecule has 88 valence electrons. The molecule has 16 heavy (non-hydrogen) atoms. The van der Waals surface area contributed by atoms with Crippen molar-refractivity contribution in [2.75, 3.05) is 20.6 Å². The van der Waals surface area contributed by atoms with Gasteiger partial charge in [-0.25, -0.2) is 0 Å². The van der Waals surface area contributed by atoms with Crippen molar-refractivity contribution < 1.29 is 0 Å². The second-order valence-electron chi connectivity index (χ2n) is 3.23. The molecule has 0 bridgehead atoms. The van der Waals surface area contributed by atoms with Gasteiger partial charge in [0.1, 0.15) is 0 Å². The summed E-state index contributed by atoms with van der Waals surface area (Å²) in [7, 11) is 3.58. The number of rotatable bonds is 3. The molecule has 0 aromatic heterocycles. The summed E-state index contributed by atoms with van der Waals surface area (Å²) in [6.07, 6.45) is 0.891. The van der Waals surface area contributed by atoms with Gasteiger partial charge in [-0.3, -0.25) is 4.99 Å². The van der Waals surface area contributed by atoms with Gasteiger partial charge >= 0.3 is 0 Å². The van der Waals surface area contributed by atoms with Gasteiger partial charge in [-0.05, 0) is 30.2 Å². The van der Waals surface area contributed by atoms with E-state index in [0.717, 1.165) is 28.4 Å². The van der Waals surface area contributed by atoms with E-state index in [9.17, 15) is 0 Å². The minimum absolute atomic E-state index is 0.760. The van der Waals surface area contributed by atoms with Gasteiger partial charge in [0.25, 0.3) is 0 Å². The monoisotopic (exact) mass is 303 g/mol. The SMILES string of the molecule is CN=C(NC)NCCc1cc(Cl)ccc1Br.